The molecule has 7 heteroatoms. The summed E-state index contributed by atoms with van der Waals surface area (Å²) < 4.78 is 5.41. The fourth-order valence-electron chi connectivity index (χ4n) is 3.51. The number of carbonyl (C=O) groups is 3. The zero-order valence-corrected chi connectivity index (χ0v) is 22.0. The molecule has 1 rings (SSSR count). The van der Waals surface area contributed by atoms with Gasteiger partial charge in [-0.1, -0.05) is 50.1 Å². The van der Waals surface area contributed by atoms with Crippen molar-refractivity contribution in [3.8, 4) is 0 Å². The largest absolute Gasteiger partial charge is 0.444 e. The van der Waals surface area contributed by atoms with Crippen LogP contribution in [0.4, 0.5) is 4.79 Å². The van der Waals surface area contributed by atoms with Crippen molar-refractivity contribution in [3.63, 3.8) is 0 Å². The summed E-state index contributed by atoms with van der Waals surface area (Å²) in [4.78, 5) is 41.4. The normalized spacial score (nSPS) is 14.4. The molecule has 1 aromatic carbocycles. The van der Waals surface area contributed by atoms with Crippen molar-refractivity contribution in [3.05, 3.63) is 35.4 Å². The lowest BCUT2D eigenvalue weighted by molar-refractivity contribution is -0.145. The van der Waals surface area contributed by atoms with Gasteiger partial charge in [-0.15, -0.1) is 0 Å². The Labute approximate surface area is 199 Å². The van der Waals surface area contributed by atoms with Gasteiger partial charge in [0.05, 0.1) is 0 Å². The van der Waals surface area contributed by atoms with Gasteiger partial charge in [0.15, 0.2) is 0 Å². The molecule has 0 heterocycles. The highest BCUT2D eigenvalue weighted by atomic mass is 16.6. The molecule has 0 saturated carbocycles. The van der Waals surface area contributed by atoms with Crippen molar-refractivity contribution in [2.45, 2.75) is 105 Å². The van der Waals surface area contributed by atoms with Gasteiger partial charge < -0.3 is 20.3 Å². The van der Waals surface area contributed by atoms with Crippen LogP contribution in [0.25, 0.3) is 0 Å². The SMILES string of the molecule is CCC(C)C(NC(=O)OC(C)(C)C)C(=O)N(C(C)C)C(C(=O)NC(C)C)c1ccc(C)cc1. The minimum Gasteiger partial charge on any atom is -0.444 e. The van der Waals surface area contributed by atoms with E-state index < -0.39 is 23.8 Å². The van der Waals surface area contributed by atoms with Crippen molar-refractivity contribution < 1.29 is 19.1 Å². The topological polar surface area (TPSA) is 87.7 Å². The van der Waals surface area contributed by atoms with Gasteiger partial charge in [-0.25, -0.2) is 4.79 Å². The third kappa shape index (κ3) is 8.71. The third-order valence-electron chi connectivity index (χ3n) is 5.31. The molecule has 0 aliphatic carbocycles. The number of carbonyl (C=O) groups excluding carboxylic acids is 3. The van der Waals surface area contributed by atoms with E-state index in [0.29, 0.717) is 6.42 Å². The van der Waals surface area contributed by atoms with Gasteiger partial charge in [-0.3, -0.25) is 9.59 Å². The summed E-state index contributed by atoms with van der Waals surface area (Å²) in [5.74, 6) is -0.719. The summed E-state index contributed by atoms with van der Waals surface area (Å²) in [6.45, 7) is 18.7. The number of amides is 3. The van der Waals surface area contributed by atoms with Crippen LogP contribution in [0.2, 0.25) is 0 Å². The van der Waals surface area contributed by atoms with E-state index in [9.17, 15) is 14.4 Å². The summed E-state index contributed by atoms with van der Waals surface area (Å²) in [5, 5.41) is 5.73. The van der Waals surface area contributed by atoms with Crippen LogP contribution >= 0.6 is 0 Å². The zero-order valence-electron chi connectivity index (χ0n) is 22.0. The fraction of sp³-hybridized carbons (Fsp3) is 0.654. The van der Waals surface area contributed by atoms with E-state index in [2.05, 4.69) is 10.6 Å². The molecule has 1 aromatic rings. The maximum atomic E-state index is 13.9. The van der Waals surface area contributed by atoms with Crippen molar-refractivity contribution in [1.82, 2.24) is 15.5 Å². The Kier molecular flexibility index (Phi) is 10.4. The van der Waals surface area contributed by atoms with Crippen LogP contribution in [0, 0.1) is 12.8 Å². The maximum absolute atomic E-state index is 13.9. The average Bonchev–Trinajstić information content (AvgIpc) is 2.67. The van der Waals surface area contributed by atoms with Crippen molar-refractivity contribution in [2.75, 3.05) is 0 Å². The maximum Gasteiger partial charge on any atom is 0.408 e. The number of nitrogens with zero attached hydrogens (tertiary/aromatic N) is 1. The molecule has 3 atom stereocenters. The number of ether oxygens (including phenoxy) is 1. The second-order valence-corrected chi connectivity index (χ2v) is 10.3. The predicted octanol–water partition coefficient (Wildman–Crippen LogP) is 4.74. The van der Waals surface area contributed by atoms with Gasteiger partial charge >= 0.3 is 6.09 Å². The van der Waals surface area contributed by atoms with Crippen molar-refractivity contribution in [2.24, 2.45) is 5.92 Å². The van der Waals surface area contributed by atoms with Gasteiger partial charge in [-0.05, 0) is 66.9 Å². The van der Waals surface area contributed by atoms with Crippen molar-refractivity contribution >= 4 is 17.9 Å². The van der Waals surface area contributed by atoms with Crippen LogP contribution < -0.4 is 10.6 Å². The molecule has 0 spiro atoms. The van der Waals surface area contributed by atoms with E-state index in [1.165, 1.54) is 0 Å². The Balaban J connectivity index is 3.45. The van der Waals surface area contributed by atoms with Crippen molar-refractivity contribution in [1.29, 1.82) is 0 Å². The minimum atomic E-state index is -0.827. The molecule has 0 aromatic heterocycles. The second-order valence-electron chi connectivity index (χ2n) is 10.3. The Morgan fingerprint density at radius 1 is 0.970 bits per heavy atom. The highest BCUT2D eigenvalue weighted by molar-refractivity contribution is 5.92. The molecular formula is C26H43N3O4. The molecule has 0 aliphatic heterocycles. The van der Waals surface area contributed by atoms with Crippen LogP contribution in [0.3, 0.4) is 0 Å². The molecule has 7 nitrogen and oxygen atoms in total. The summed E-state index contributed by atoms with van der Waals surface area (Å²) in [6, 6.07) is 5.59. The first-order chi connectivity index (χ1) is 15.2. The molecule has 0 saturated heterocycles. The van der Waals surface area contributed by atoms with Crippen LogP contribution in [-0.2, 0) is 14.3 Å². The van der Waals surface area contributed by atoms with Crippen LogP contribution in [0.15, 0.2) is 24.3 Å². The molecule has 0 bridgehead atoms. The Morgan fingerprint density at radius 3 is 1.94 bits per heavy atom. The van der Waals surface area contributed by atoms with E-state index in [-0.39, 0.29) is 29.8 Å². The highest BCUT2D eigenvalue weighted by Crippen LogP contribution is 2.27. The first-order valence-corrected chi connectivity index (χ1v) is 11.9. The smallest absolute Gasteiger partial charge is 0.408 e. The molecule has 3 unspecified atom stereocenters. The number of hydrogen-bond donors (Lipinski definition) is 2. The molecule has 33 heavy (non-hydrogen) atoms. The second kappa shape index (κ2) is 12.1. The molecule has 0 radical (unpaired) electrons. The van der Waals surface area contributed by atoms with Gasteiger partial charge in [0.1, 0.15) is 17.7 Å². The lowest BCUT2D eigenvalue weighted by Crippen LogP contribution is -2.57. The Bertz CT molecular complexity index is 797. The first-order valence-electron chi connectivity index (χ1n) is 11.9. The minimum absolute atomic E-state index is 0.0835. The van der Waals surface area contributed by atoms with Crippen LogP contribution in [-0.4, -0.2) is 46.5 Å². The van der Waals surface area contributed by atoms with E-state index >= 15 is 0 Å². The lowest BCUT2D eigenvalue weighted by Gasteiger charge is -2.38. The summed E-state index contributed by atoms with van der Waals surface area (Å²) >= 11 is 0. The highest BCUT2D eigenvalue weighted by Gasteiger charge is 2.39. The molecular weight excluding hydrogens is 418 g/mol. The number of rotatable bonds is 9. The van der Waals surface area contributed by atoms with Gasteiger partial charge in [0, 0.05) is 12.1 Å². The summed E-state index contributed by atoms with van der Waals surface area (Å²) in [7, 11) is 0. The Morgan fingerprint density at radius 2 is 1.52 bits per heavy atom. The summed E-state index contributed by atoms with van der Waals surface area (Å²) in [6.07, 6.45) is 0.0225. The van der Waals surface area contributed by atoms with E-state index in [1.54, 1.807) is 25.7 Å². The molecule has 0 aliphatic rings. The third-order valence-corrected chi connectivity index (χ3v) is 5.31. The molecule has 0 fully saturated rings. The summed E-state index contributed by atoms with van der Waals surface area (Å²) in [5.41, 5.74) is 1.10. The quantitative estimate of drug-likeness (QED) is 0.556. The standard InChI is InChI=1S/C26H43N3O4/c1-11-19(7)21(28-25(32)33-26(8,9)10)24(31)29(17(4)5)22(23(30)27-16(2)3)20-14-12-18(6)13-15-20/h12-17,19,21-22H,11H2,1-10H3,(H,27,30)(H,28,32). The van der Waals surface area contributed by atoms with Gasteiger partial charge in [-0.2, -0.15) is 0 Å². The number of nitrogens with one attached hydrogen (secondary N) is 2. The number of alkyl carbamates (subject to hydrolysis) is 1. The first kappa shape index (κ1) is 28.5. The van der Waals surface area contributed by atoms with Crippen LogP contribution in [0.1, 0.15) is 85.9 Å². The van der Waals surface area contributed by atoms with E-state index in [0.717, 1.165) is 11.1 Å². The average molecular weight is 462 g/mol. The predicted molar refractivity (Wildman–Crippen MR) is 132 cm³/mol. The number of hydrogen-bond acceptors (Lipinski definition) is 4. The number of benzene rings is 1. The van der Waals surface area contributed by atoms with Gasteiger partial charge in [0.2, 0.25) is 11.8 Å². The number of aryl methyl sites for hydroxylation is 1. The van der Waals surface area contributed by atoms with E-state index in [1.807, 2.05) is 72.7 Å². The van der Waals surface area contributed by atoms with E-state index in [4.69, 9.17) is 4.74 Å². The fourth-order valence-corrected chi connectivity index (χ4v) is 3.51. The van der Waals surface area contributed by atoms with Crippen LogP contribution in [0.5, 0.6) is 0 Å². The molecule has 3 amide bonds. The molecule has 186 valence electrons. The Hall–Kier alpha value is -2.57. The zero-order chi connectivity index (χ0) is 25.5. The lowest BCUT2D eigenvalue weighted by atomic mass is 9.94. The monoisotopic (exact) mass is 461 g/mol. The molecule has 2 N–H and O–H groups in total. The van der Waals surface area contributed by atoms with Gasteiger partial charge in [0.25, 0.3) is 0 Å².